The van der Waals surface area contributed by atoms with Crippen molar-refractivity contribution in [1.82, 2.24) is 9.97 Å². The van der Waals surface area contributed by atoms with Gasteiger partial charge in [-0.15, -0.1) is 0 Å². The van der Waals surface area contributed by atoms with Crippen LogP contribution in [-0.4, -0.2) is 28.8 Å². The Balaban J connectivity index is 3.05. The molecular weight excluding hydrogens is 172 g/mol. The molecule has 0 aromatic carbocycles. The van der Waals surface area contributed by atoms with E-state index in [0.717, 1.165) is 0 Å². The molecule has 13 heavy (non-hydrogen) atoms. The van der Waals surface area contributed by atoms with E-state index < -0.39 is 5.97 Å². The summed E-state index contributed by atoms with van der Waals surface area (Å²) >= 11 is 0. The van der Waals surface area contributed by atoms with Crippen molar-refractivity contribution in [3.8, 4) is 0 Å². The van der Waals surface area contributed by atoms with E-state index in [0.29, 0.717) is 0 Å². The highest BCUT2D eigenvalue weighted by molar-refractivity contribution is 5.93. The molecule has 0 saturated carbocycles. The fraction of sp³-hybridized carbons (Fsp3) is 0.250. The first-order valence-electron chi connectivity index (χ1n) is 3.56. The van der Waals surface area contributed by atoms with Gasteiger partial charge >= 0.3 is 5.97 Å². The van der Waals surface area contributed by atoms with Crippen LogP contribution in [0.3, 0.4) is 0 Å². The predicted octanol–water partition coefficient (Wildman–Crippen LogP) is 0.466. The first-order valence-corrected chi connectivity index (χ1v) is 3.56. The number of carbonyl (C=O) groups is 2. The highest BCUT2D eigenvalue weighted by Gasteiger charge is 2.09. The highest BCUT2D eigenvalue weighted by atomic mass is 16.5. The second kappa shape index (κ2) is 3.75. The molecule has 1 aromatic rings. The fourth-order valence-electron chi connectivity index (χ4n) is 0.739. The summed E-state index contributed by atoms with van der Waals surface area (Å²) in [7, 11) is 1.24. The monoisotopic (exact) mass is 180 g/mol. The number of nitrogens with zero attached hydrogens (tertiary/aromatic N) is 2. The number of aromatic nitrogens is 2. The molecular formula is C8H8N2O3. The topological polar surface area (TPSA) is 69.2 Å². The van der Waals surface area contributed by atoms with Crippen LogP contribution in [0.1, 0.15) is 27.9 Å². The van der Waals surface area contributed by atoms with Crippen LogP contribution in [0.2, 0.25) is 0 Å². The van der Waals surface area contributed by atoms with Gasteiger partial charge in [-0.25, -0.2) is 9.78 Å². The number of hydrogen-bond acceptors (Lipinski definition) is 5. The van der Waals surface area contributed by atoms with E-state index in [-0.39, 0.29) is 17.2 Å². The third-order valence-electron chi connectivity index (χ3n) is 1.39. The molecule has 0 N–H and O–H groups in total. The third kappa shape index (κ3) is 2.08. The Morgan fingerprint density at radius 1 is 1.31 bits per heavy atom. The molecule has 68 valence electrons. The summed E-state index contributed by atoms with van der Waals surface area (Å²) in [5.41, 5.74) is 0.193. The lowest BCUT2D eigenvalue weighted by atomic mass is 10.3. The van der Waals surface area contributed by atoms with Crippen LogP contribution in [0.5, 0.6) is 0 Å². The largest absolute Gasteiger partial charge is 0.464 e. The molecule has 0 atom stereocenters. The minimum Gasteiger partial charge on any atom is -0.464 e. The van der Waals surface area contributed by atoms with Gasteiger partial charge in [-0.05, 0) is 0 Å². The summed E-state index contributed by atoms with van der Waals surface area (Å²) in [6.45, 7) is 1.35. The van der Waals surface area contributed by atoms with Crippen LogP contribution >= 0.6 is 0 Å². The van der Waals surface area contributed by atoms with Crippen molar-refractivity contribution in [1.29, 1.82) is 0 Å². The van der Waals surface area contributed by atoms with E-state index in [1.165, 1.54) is 26.4 Å². The first-order chi connectivity index (χ1) is 6.15. The van der Waals surface area contributed by atoms with Gasteiger partial charge in [0.1, 0.15) is 5.69 Å². The molecule has 0 bridgehead atoms. The van der Waals surface area contributed by atoms with Crippen molar-refractivity contribution in [2.75, 3.05) is 7.11 Å². The van der Waals surface area contributed by atoms with Crippen molar-refractivity contribution >= 4 is 11.8 Å². The lowest BCUT2D eigenvalue weighted by Crippen LogP contribution is -2.08. The average molecular weight is 180 g/mol. The lowest BCUT2D eigenvalue weighted by Gasteiger charge is -1.98. The van der Waals surface area contributed by atoms with Crippen molar-refractivity contribution in [2.24, 2.45) is 0 Å². The van der Waals surface area contributed by atoms with Crippen LogP contribution in [0.4, 0.5) is 0 Å². The Morgan fingerprint density at radius 3 is 2.46 bits per heavy atom. The van der Waals surface area contributed by atoms with Gasteiger partial charge in [0.15, 0.2) is 11.5 Å². The number of ether oxygens (including phenoxy) is 1. The second-order valence-corrected chi connectivity index (χ2v) is 2.34. The maximum absolute atomic E-state index is 11.0. The van der Waals surface area contributed by atoms with Crippen LogP contribution in [0, 0.1) is 0 Å². The number of Topliss-reactive ketones (excluding diaryl/α,β-unsaturated/α-hetero) is 1. The highest BCUT2D eigenvalue weighted by Crippen LogP contribution is 1.98. The molecule has 0 amide bonds. The minimum absolute atomic E-state index is 0.0372. The molecule has 5 heteroatoms. The van der Waals surface area contributed by atoms with Gasteiger partial charge < -0.3 is 4.74 Å². The molecule has 0 saturated heterocycles. The van der Waals surface area contributed by atoms with E-state index >= 15 is 0 Å². The Hall–Kier alpha value is -1.78. The van der Waals surface area contributed by atoms with Crippen molar-refractivity contribution in [2.45, 2.75) is 6.92 Å². The molecule has 0 aliphatic rings. The zero-order valence-electron chi connectivity index (χ0n) is 7.27. The van der Waals surface area contributed by atoms with Crippen LogP contribution in [0.15, 0.2) is 12.4 Å². The van der Waals surface area contributed by atoms with Gasteiger partial charge in [-0.2, -0.15) is 0 Å². The molecule has 0 fully saturated rings. The smallest absolute Gasteiger partial charge is 0.358 e. The maximum Gasteiger partial charge on any atom is 0.358 e. The van der Waals surface area contributed by atoms with E-state index in [9.17, 15) is 9.59 Å². The summed E-state index contributed by atoms with van der Waals surface area (Å²) in [4.78, 5) is 29.3. The number of methoxy groups -OCH3 is 1. The van der Waals surface area contributed by atoms with Crippen molar-refractivity contribution in [3.05, 3.63) is 23.8 Å². The predicted molar refractivity (Wildman–Crippen MR) is 43.4 cm³/mol. The van der Waals surface area contributed by atoms with Gasteiger partial charge in [0.25, 0.3) is 0 Å². The van der Waals surface area contributed by atoms with Gasteiger partial charge in [0, 0.05) is 6.92 Å². The van der Waals surface area contributed by atoms with E-state index in [1.807, 2.05) is 0 Å². The molecule has 0 aliphatic carbocycles. The molecule has 1 heterocycles. The summed E-state index contributed by atoms with van der Waals surface area (Å²) in [6.07, 6.45) is 2.55. The summed E-state index contributed by atoms with van der Waals surface area (Å²) < 4.78 is 4.42. The summed E-state index contributed by atoms with van der Waals surface area (Å²) in [5, 5.41) is 0. The number of rotatable bonds is 2. The first kappa shape index (κ1) is 9.31. The Bertz CT molecular complexity index is 349. The fourth-order valence-corrected chi connectivity index (χ4v) is 0.739. The SMILES string of the molecule is COC(=O)c1cncc(C(C)=O)n1. The normalized spacial score (nSPS) is 9.38. The number of ketones is 1. The van der Waals surface area contributed by atoms with Gasteiger partial charge in [-0.3, -0.25) is 9.78 Å². The zero-order valence-corrected chi connectivity index (χ0v) is 7.27. The quantitative estimate of drug-likeness (QED) is 0.488. The van der Waals surface area contributed by atoms with Gasteiger partial charge in [0.05, 0.1) is 19.5 Å². The van der Waals surface area contributed by atoms with E-state index in [4.69, 9.17) is 0 Å². The summed E-state index contributed by atoms with van der Waals surface area (Å²) in [6, 6.07) is 0. The van der Waals surface area contributed by atoms with Crippen molar-refractivity contribution in [3.63, 3.8) is 0 Å². The van der Waals surface area contributed by atoms with Crippen LogP contribution < -0.4 is 0 Å². The molecule has 0 radical (unpaired) electrons. The Kier molecular flexibility index (Phi) is 2.69. The van der Waals surface area contributed by atoms with Gasteiger partial charge in [0.2, 0.25) is 0 Å². The minimum atomic E-state index is -0.601. The number of carbonyl (C=O) groups excluding carboxylic acids is 2. The van der Waals surface area contributed by atoms with Crippen LogP contribution in [0.25, 0.3) is 0 Å². The molecule has 0 unspecified atom stereocenters. The zero-order chi connectivity index (χ0) is 9.84. The standard InChI is InChI=1S/C8H8N2O3/c1-5(11)6-3-9-4-7(10-6)8(12)13-2/h3-4H,1-2H3. The molecule has 0 aliphatic heterocycles. The lowest BCUT2D eigenvalue weighted by molar-refractivity contribution is 0.0593. The molecule has 0 spiro atoms. The summed E-state index contributed by atoms with van der Waals surface area (Å²) in [5.74, 6) is -0.839. The Morgan fingerprint density at radius 2 is 1.92 bits per heavy atom. The molecule has 1 rings (SSSR count). The van der Waals surface area contributed by atoms with Crippen molar-refractivity contribution < 1.29 is 14.3 Å². The molecule has 1 aromatic heterocycles. The average Bonchev–Trinajstić information content (AvgIpc) is 2.17. The number of hydrogen-bond donors (Lipinski definition) is 0. The molecule has 5 nitrogen and oxygen atoms in total. The van der Waals surface area contributed by atoms with Gasteiger partial charge in [-0.1, -0.05) is 0 Å². The second-order valence-electron chi connectivity index (χ2n) is 2.34. The number of esters is 1. The maximum atomic E-state index is 11.0. The van der Waals surface area contributed by atoms with E-state index in [1.54, 1.807) is 0 Å². The third-order valence-corrected chi connectivity index (χ3v) is 1.39. The van der Waals surface area contributed by atoms with Crippen LogP contribution in [-0.2, 0) is 4.74 Å². The Labute approximate surface area is 74.8 Å². The van der Waals surface area contributed by atoms with E-state index in [2.05, 4.69) is 14.7 Å².